The summed E-state index contributed by atoms with van der Waals surface area (Å²) in [4.78, 5) is 32.5. The first-order valence-corrected chi connectivity index (χ1v) is 11.3. The third-order valence-corrected chi connectivity index (χ3v) is 6.49. The van der Waals surface area contributed by atoms with Gasteiger partial charge in [-0.3, -0.25) is 14.2 Å². The van der Waals surface area contributed by atoms with Gasteiger partial charge >= 0.3 is 0 Å². The molecule has 3 rings (SSSR count). The standard InChI is InChI=1S/C20H26BrN3O2S/c1-3-4-5-12-24-19(26)16-13-15(21)8-9-17(16)22-20(24)27-14(2)18(25)23-10-6-7-11-23/h8-9,13-14H,3-7,10-12H2,1-2H3. The first kappa shape index (κ1) is 20.4. The van der Waals surface area contributed by atoms with Crippen LogP contribution in [0.4, 0.5) is 0 Å². The topological polar surface area (TPSA) is 55.2 Å². The van der Waals surface area contributed by atoms with Crippen molar-refractivity contribution < 1.29 is 4.79 Å². The van der Waals surface area contributed by atoms with E-state index >= 15 is 0 Å². The van der Waals surface area contributed by atoms with Gasteiger partial charge in [0.05, 0.1) is 16.2 Å². The first-order chi connectivity index (χ1) is 13.0. The highest BCUT2D eigenvalue weighted by Gasteiger charge is 2.25. The minimum Gasteiger partial charge on any atom is -0.342 e. The summed E-state index contributed by atoms with van der Waals surface area (Å²) in [5, 5.41) is 1.01. The largest absolute Gasteiger partial charge is 0.342 e. The van der Waals surface area contributed by atoms with Crippen molar-refractivity contribution in [2.75, 3.05) is 13.1 Å². The number of aromatic nitrogens is 2. The SMILES string of the molecule is CCCCCn1c(SC(C)C(=O)N2CCCC2)nc2ccc(Br)cc2c1=O. The Morgan fingerprint density at radius 3 is 2.74 bits per heavy atom. The fraction of sp³-hybridized carbons (Fsp3) is 0.550. The summed E-state index contributed by atoms with van der Waals surface area (Å²) in [6.07, 6.45) is 5.24. The number of unbranched alkanes of at least 4 members (excludes halogenated alkanes) is 2. The molecule has 1 unspecified atom stereocenters. The Labute approximate surface area is 172 Å². The second-order valence-electron chi connectivity index (χ2n) is 7.01. The van der Waals surface area contributed by atoms with E-state index in [0.717, 1.165) is 49.7 Å². The van der Waals surface area contributed by atoms with Gasteiger partial charge in [-0.25, -0.2) is 4.98 Å². The van der Waals surface area contributed by atoms with Crippen LogP contribution >= 0.6 is 27.7 Å². The molecule has 146 valence electrons. The van der Waals surface area contributed by atoms with E-state index in [4.69, 9.17) is 4.98 Å². The number of benzene rings is 1. The molecule has 5 nitrogen and oxygen atoms in total. The van der Waals surface area contributed by atoms with Crippen molar-refractivity contribution in [2.24, 2.45) is 0 Å². The van der Waals surface area contributed by atoms with Crippen LogP contribution < -0.4 is 5.56 Å². The Morgan fingerprint density at radius 1 is 1.30 bits per heavy atom. The molecule has 2 aromatic rings. The summed E-state index contributed by atoms with van der Waals surface area (Å²) in [5.74, 6) is 0.141. The molecule has 1 aliphatic rings. The molecular formula is C20H26BrN3O2S. The maximum Gasteiger partial charge on any atom is 0.262 e. The highest BCUT2D eigenvalue weighted by molar-refractivity contribution is 9.10. The monoisotopic (exact) mass is 451 g/mol. The summed E-state index contributed by atoms with van der Waals surface area (Å²) in [5.41, 5.74) is 0.652. The number of thioether (sulfide) groups is 1. The van der Waals surface area contributed by atoms with Crippen molar-refractivity contribution in [1.82, 2.24) is 14.5 Å². The fourth-order valence-electron chi connectivity index (χ4n) is 3.38. The average molecular weight is 452 g/mol. The molecule has 7 heteroatoms. The molecule has 1 saturated heterocycles. The predicted octanol–water partition coefficient (Wildman–Crippen LogP) is 4.45. The molecule has 0 spiro atoms. The smallest absolute Gasteiger partial charge is 0.262 e. The second kappa shape index (κ2) is 9.24. The summed E-state index contributed by atoms with van der Waals surface area (Å²) in [6, 6.07) is 5.58. The van der Waals surface area contributed by atoms with E-state index in [-0.39, 0.29) is 16.7 Å². The minimum absolute atomic E-state index is 0.0271. The van der Waals surface area contributed by atoms with Crippen LogP contribution in [0, 0.1) is 0 Å². The summed E-state index contributed by atoms with van der Waals surface area (Å²) < 4.78 is 2.62. The third-order valence-electron chi connectivity index (χ3n) is 4.91. The van der Waals surface area contributed by atoms with E-state index in [0.29, 0.717) is 22.6 Å². The van der Waals surface area contributed by atoms with Gasteiger partial charge in [-0.15, -0.1) is 0 Å². The maximum absolute atomic E-state index is 13.1. The lowest BCUT2D eigenvalue weighted by molar-refractivity contribution is -0.129. The van der Waals surface area contributed by atoms with E-state index in [2.05, 4.69) is 22.9 Å². The first-order valence-electron chi connectivity index (χ1n) is 9.66. The molecule has 1 atom stereocenters. The van der Waals surface area contributed by atoms with Gasteiger partial charge in [0, 0.05) is 24.1 Å². The van der Waals surface area contributed by atoms with Crippen LogP contribution in [0.25, 0.3) is 10.9 Å². The van der Waals surface area contributed by atoms with E-state index in [1.165, 1.54) is 11.8 Å². The molecule has 0 aliphatic carbocycles. The molecular weight excluding hydrogens is 426 g/mol. The molecule has 1 aromatic heterocycles. The highest BCUT2D eigenvalue weighted by atomic mass is 79.9. The van der Waals surface area contributed by atoms with E-state index < -0.39 is 0 Å². The Balaban J connectivity index is 1.93. The van der Waals surface area contributed by atoms with Crippen molar-refractivity contribution >= 4 is 44.5 Å². The maximum atomic E-state index is 13.1. The van der Waals surface area contributed by atoms with Crippen molar-refractivity contribution in [2.45, 2.75) is 62.9 Å². The van der Waals surface area contributed by atoms with Gasteiger partial charge in [-0.2, -0.15) is 0 Å². The number of fused-ring (bicyclic) bond motifs is 1. The van der Waals surface area contributed by atoms with Crippen molar-refractivity contribution in [3.63, 3.8) is 0 Å². The number of hydrogen-bond acceptors (Lipinski definition) is 4. The van der Waals surface area contributed by atoms with Crippen LogP contribution in [0.5, 0.6) is 0 Å². The molecule has 2 heterocycles. The zero-order valence-corrected chi connectivity index (χ0v) is 18.3. The molecule has 0 saturated carbocycles. The van der Waals surface area contributed by atoms with Crippen LogP contribution in [-0.2, 0) is 11.3 Å². The lowest BCUT2D eigenvalue weighted by Crippen LogP contribution is -2.34. The molecule has 1 aromatic carbocycles. The number of likely N-dealkylation sites (tertiary alicyclic amines) is 1. The third kappa shape index (κ3) is 4.74. The van der Waals surface area contributed by atoms with Crippen LogP contribution in [0.1, 0.15) is 46.0 Å². The Morgan fingerprint density at radius 2 is 2.04 bits per heavy atom. The molecule has 0 radical (unpaired) electrons. The number of amides is 1. The molecule has 0 bridgehead atoms. The van der Waals surface area contributed by atoms with Gasteiger partial charge in [0.25, 0.3) is 5.56 Å². The highest BCUT2D eigenvalue weighted by Crippen LogP contribution is 2.26. The lowest BCUT2D eigenvalue weighted by Gasteiger charge is -2.21. The van der Waals surface area contributed by atoms with Crippen molar-refractivity contribution in [3.05, 3.63) is 33.0 Å². The molecule has 1 fully saturated rings. The number of hydrogen-bond donors (Lipinski definition) is 0. The van der Waals surface area contributed by atoms with Crippen molar-refractivity contribution in [1.29, 1.82) is 0 Å². The number of nitrogens with zero attached hydrogens (tertiary/aromatic N) is 3. The lowest BCUT2D eigenvalue weighted by atomic mass is 10.2. The Kier molecular flexibility index (Phi) is 6.98. The fourth-order valence-corrected chi connectivity index (χ4v) is 4.76. The summed E-state index contributed by atoms with van der Waals surface area (Å²) >= 11 is 4.84. The quantitative estimate of drug-likeness (QED) is 0.354. The zero-order valence-electron chi connectivity index (χ0n) is 15.9. The zero-order chi connectivity index (χ0) is 19.4. The molecule has 0 N–H and O–H groups in total. The number of carbonyl (C=O) groups is 1. The van der Waals surface area contributed by atoms with Gasteiger partial charge in [0.2, 0.25) is 5.91 Å². The van der Waals surface area contributed by atoms with Crippen molar-refractivity contribution in [3.8, 4) is 0 Å². The molecule has 27 heavy (non-hydrogen) atoms. The molecule has 1 amide bonds. The van der Waals surface area contributed by atoms with Gasteiger partial charge in [0.1, 0.15) is 0 Å². The Bertz CT molecular complexity index is 877. The summed E-state index contributed by atoms with van der Waals surface area (Å²) in [6.45, 7) is 6.37. The number of rotatable bonds is 7. The minimum atomic E-state index is -0.250. The average Bonchev–Trinajstić information content (AvgIpc) is 3.19. The number of halogens is 1. The Hall–Kier alpha value is -1.34. The van der Waals surface area contributed by atoms with Gasteiger partial charge in [-0.05, 0) is 44.4 Å². The second-order valence-corrected chi connectivity index (χ2v) is 9.24. The predicted molar refractivity (Wildman–Crippen MR) is 114 cm³/mol. The van der Waals surface area contributed by atoms with Crippen LogP contribution in [-0.4, -0.2) is 38.7 Å². The molecule has 1 aliphatic heterocycles. The van der Waals surface area contributed by atoms with Gasteiger partial charge < -0.3 is 4.90 Å². The van der Waals surface area contributed by atoms with Crippen LogP contribution in [0.2, 0.25) is 0 Å². The van der Waals surface area contributed by atoms with E-state index in [1.807, 2.05) is 30.0 Å². The number of carbonyl (C=O) groups excluding carboxylic acids is 1. The van der Waals surface area contributed by atoms with Crippen LogP contribution in [0.3, 0.4) is 0 Å². The summed E-state index contributed by atoms with van der Waals surface area (Å²) in [7, 11) is 0. The van der Waals surface area contributed by atoms with E-state index in [9.17, 15) is 9.59 Å². The normalized spacial score (nSPS) is 15.4. The van der Waals surface area contributed by atoms with E-state index in [1.54, 1.807) is 4.57 Å². The van der Waals surface area contributed by atoms with Gasteiger partial charge in [-0.1, -0.05) is 47.5 Å². The van der Waals surface area contributed by atoms with Gasteiger partial charge in [0.15, 0.2) is 5.16 Å². The van der Waals surface area contributed by atoms with Crippen LogP contribution in [0.15, 0.2) is 32.6 Å².